The van der Waals surface area contributed by atoms with Gasteiger partial charge >= 0.3 is 7.60 Å². The van der Waals surface area contributed by atoms with E-state index in [1.807, 2.05) is 11.9 Å². The third-order valence-corrected chi connectivity index (χ3v) is 3.88. The smallest absolute Gasteiger partial charge is 0.325 e. The summed E-state index contributed by atoms with van der Waals surface area (Å²) in [6.45, 7) is 1.11. The second kappa shape index (κ2) is 5.88. The number of aromatic nitrogens is 3. The Kier molecular flexibility index (Phi) is 4.39. The molecule has 0 aliphatic heterocycles. The first-order chi connectivity index (χ1) is 9.37. The number of hydrogen-bond donors (Lipinski definition) is 4. The van der Waals surface area contributed by atoms with Crippen molar-refractivity contribution in [3.05, 3.63) is 28.4 Å². The molecule has 0 aliphatic carbocycles. The lowest BCUT2D eigenvalue weighted by atomic mass is 10.2. The van der Waals surface area contributed by atoms with E-state index in [0.717, 1.165) is 5.56 Å². The van der Waals surface area contributed by atoms with Crippen LogP contribution in [0.15, 0.2) is 17.3 Å². The van der Waals surface area contributed by atoms with Crippen LogP contribution in [0.3, 0.4) is 0 Å². The highest BCUT2D eigenvalue weighted by Gasteiger charge is 2.14. The van der Waals surface area contributed by atoms with Crippen LogP contribution in [0.2, 0.25) is 0 Å². The molecule has 2 heterocycles. The van der Waals surface area contributed by atoms with E-state index in [0.29, 0.717) is 30.5 Å². The molecule has 0 aliphatic rings. The molecule has 4 N–H and O–H groups in total. The highest BCUT2D eigenvalue weighted by Crippen LogP contribution is 2.34. The average Bonchev–Trinajstić information content (AvgIpc) is 2.72. The van der Waals surface area contributed by atoms with Crippen LogP contribution in [0.1, 0.15) is 12.0 Å². The molecule has 0 amide bonds. The predicted octanol–water partition coefficient (Wildman–Crippen LogP) is 0.251. The van der Waals surface area contributed by atoms with Crippen molar-refractivity contribution in [2.45, 2.75) is 13.0 Å². The zero-order valence-corrected chi connectivity index (χ0v) is 11.9. The monoisotopic (exact) mass is 300 g/mol. The van der Waals surface area contributed by atoms with E-state index in [9.17, 15) is 9.36 Å². The zero-order chi connectivity index (χ0) is 14.8. The largest absolute Gasteiger partial charge is 0.355 e. The van der Waals surface area contributed by atoms with Crippen molar-refractivity contribution in [2.24, 2.45) is 0 Å². The van der Waals surface area contributed by atoms with E-state index < -0.39 is 7.60 Å². The lowest BCUT2D eigenvalue weighted by molar-refractivity contribution is 0.320. The summed E-state index contributed by atoms with van der Waals surface area (Å²) < 4.78 is 10.8. The number of fused-ring (bicyclic) bond motifs is 1. The SMILES string of the molecule is CN(CCCP(=O)(O)O)Cc1c[nH]c2c(=O)[nH]cnc12. The maximum atomic E-state index is 11.5. The number of rotatable bonds is 6. The van der Waals surface area contributed by atoms with E-state index in [1.54, 1.807) is 6.20 Å². The highest BCUT2D eigenvalue weighted by molar-refractivity contribution is 7.51. The number of aromatic amines is 2. The second-order valence-electron chi connectivity index (χ2n) is 4.75. The highest BCUT2D eigenvalue weighted by atomic mass is 31.2. The molecule has 0 saturated heterocycles. The lowest BCUT2D eigenvalue weighted by Crippen LogP contribution is -2.20. The number of H-pyrrole nitrogens is 2. The molecule has 0 radical (unpaired) electrons. The molecule has 2 rings (SSSR count). The fraction of sp³-hybridized carbons (Fsp3) is 0.455. The third-order valence-electron chi connectivity index (χ3n) is 2.98. The second-order valence-corrected chi connectivity index (χ2v) is 6.53. The Morgan fingerprint density at radius 2 is 2.15 bits per heavy atom. The standard InChI is InChI=1S/C11H17N4O4P/c1-15(3-2-4-20(17,18)19)6-8-5-12-10-9(8)13-7-14-11(10)16/h5,7,12H,2-4,6H2,1H3,(H,13,14,16)(H2,17,18,19). The first kappa shape index (κ1) is 14.9. The van der Waals surface area contributed by atoms with Gasteiger partial charge in [-0.15, -0.1) is 0 Å². The summed E-state index contributed by atoms with van der Waals surface area (Å²) in [7, 11) is -2.08. The quantitative estimate of drug-likeness (QED) is 0.567. The minimum atomic E-state index is -3.93. The molecule has 0 aromatic carbocycles. The van der Waals surface area contributed by atoms with Gasteiger partial charge in [-0.05, 0) is 20.0 Å². The molecule has 0 fully saturated rings. The summed E-state index contributed by atoms with van der Waals surface area (Å²) in [6, 6.07) is 0. The predicted molar refractivity (Wildman–Crippen MR) is 74.6 cm³/mol. The zero-order valence-electron chi connectivity index (χ0n) is 11.0. The number of hydrogen-bond acceptors (Lipinski definition) is 4. The van der Waals surface area contributed by atoms with Gasteiger partial charge in [-0.1, -0.05) is 0 Å². The lowest BCUT2D eigenvalue weighted by Gasteiger charge is -2.15. The fourth-order valence-corrected chi connectivity index (χ4v) is 2.60. The number of nitrogens with one attached hydrogen (secondary N) is 2. The van der Waals surface area contributed by atoms with Crippen LogP contribution < -0.4 is 5.56 Å². The summed E-state index contributed by atoms with van der Waals surface area (Å²) in [5.41, 5.74) is 1.72. The van der Waals surface area contributed by atoms with Crippen LogP contribution in [0.25, 0.3) is 11.0 Å². The number of nitrogens with zero attached hydrogens (tertiary/aromatic N) is 2. The molecular formula is C11H17N4O4P. The minimum Gasteiger partial charge on any atom is -0.355 e. The van der Waals surface area contributed by atoms with Gasteiger partial charge in [0.2, 0.25) is 0 Å². The summed E-state index contributed by atoms with van der Waals surface area (Å²) in [4.78, 5) is 40.6. The van der Waals surface area contributed by atoms with Crippen molar-refractivity contribution in [2.75, 3.05) is 19.8 Å². The van der Waals surface area contributed by atoms with Crippen LogP contribution in [0.5, 0.6) is 0 Å². The van der Waals surface area contributed by atoms with Crippen molar-refractivity contribution in [1.29, 1.82) is 0 Å². The Morgan fingerprint density at radius 3 is 2.85 bits per heavy atom. The van der Waals surface area contributed by atoms with E-state index in [-0.39, 0.29) is 11.7 Å². The van der Waals surface area contributed by atoms with Crippen molar-refractivity contribution in [1.82, 2.24) is 19.9 Å². The van der Waals surface area contributed by atoms with Gasteiger partial charge in [0.25, 0.3) is 5.56 Å². The summed E-state index contributed by atoms with van der Waals surface area (Å²) >= 11 is 0. The minimum absolute atomic E-state index is 0.122. The Morgan fingerprint density at radius 1 is 1.40 bits per heavy atom. The van der Waals surface area contributed by atoms with E-state index in [2.05, 4.69) is 15.0 Å². The van der Waals surface area contributed by atoms with Crippen molar-refractivity contribution >= 4 is 18.6 Å². The van der Waals surface area contributed by atoms with E-state index in [4.69, 9.17) is 9.79 Å². The summed E-state index contributed by atoms with van der Waals surface area (Å²) in [6.07, 6.45) is 3.38. The molecule has 20 heavy (non-hydrogen) atoms. The van der Waals surface area contributed by atoms with Gasteiger partial charge in [-0.2, -0.15) is 0 Å². The van der Waals surface area contributed by atoms with Gasteiger partial charge < -0.3 is 24.7 Å². The topological polar surface area (TPSA) is 122 Å². The molecule has 8 nitrogen and oxygen atoms in total. The molecule has 0 bridgehead atoms. The van der Waals surface area contributed by atoms with Crippen molar-refractivity contribution < 1.29 is 14.4 Å². The van der Waals surface area contributed by atoms with Crippen LogP contribution >= 0.6 is 7.60 Å². The van der Waals surface area contributed by atoms with Gasteiger partial charge in [0.1, 0.15) is 5.52 Å². The van der Waals surface area contributed by atoms with Gasteiger partial charge in [-0.25, -0.2) is 4.98 Å². The van der Waals surface area contributed by atoms with E-state index >= 15 is 0 Å². The molecule has 0 unspecified atom stereocenters. The Labute approximate surface area is 115 Å². The summed E-state index contributed by atoms with van der Waals surface area (Å²) in [5.74, 6) is 0. The molecule has 2 aromatic heterocycles. The maximum absolute atomic E-state index is 11.5. The van der Waals surface area contributed by atoms with Gasteiger partial charge in [-0.3, -0.25) is 9.36 Å². The van der Waals surface area contributed by atoms with Gasteiger partial charge in [0.05, 0.1) is 18.0 Å². The first-order valence-corrected chi connectivity index (χ1v) is 7.93. The molecule has 110 valence electrons. The van der Waals surface area contributed by atoms with E-state index in [1.165, 1.54) is 6.33 Å². The Bertz CT molecular complexity index is 689. The Hall–Kier alpha value is -1.47. The molecular weight excluding hydrogens is 283 g/mol. The molecule has 0 atom stereocenters. The first-order valence-electron chi connectivity index (χ1n) is 6.13. The molecule has 2 aromatic rings. The normalized spacial score (nSPS) is 12.4. The van der Waals surface area contributed by atoms with Crippen LogP contribution in [0, 0.1) is 0 Å². The van der Waals surface area contributed by atoms with Crippen molar-refractivity contribution in [3.8, 4) is 0 Å². The summed E-state index contributed by atoms with van der Waals surface area (Å²) in [5, 5.41) is 0. The molecule has 0 spiro atoms. The fourth-order valence-electron chi connectivity index (χ4n) is 2.04. The third kappa shape index (κ3) is 3.77. The van der Waals surface area contributed by atoms with Crippen molar-refractivity contribution in [3.63, 3.8) is 0 Å². The van der Waals surface area contributed by atoms with Crippen LogP contribution in [-0.4, -0.2) is 49.4 Å². The van der Waals surface area contributed by atoms with Crippen LogP contribution in [0.4, 0.5) is 0 Å². The molecule has 0 saturated carbocycles. The Balaban J connectivity index is 2.00. The molecule has 9 heteroatoms. The maximum Gasteiger partial charge on any atom is 0.325 e. The van der Waals surface area contributed by atoms with Crippen LogP contribution in [-0.2, 0) is 11.1 Å². The van der Waals surface area contributed by atoms with Gasteiger partial charge in [0, 0.05) is 18.3 Å². The average molecular weight is 300 g/mol. The van der Waals surface area contributed by atoms with Gasteiger partial charge in [0.15, 0.2) is 0 Å².